The largest absolute Gasteiger partial charge is 0.302 e. The van der Waals surface area contributed by atoms with Gasteiger partial charge in [0, 0.05) is 0 Å². The van der Waals surface area contributed by atoms with Gasteiger partial charge in [-0.1, -0.05) is 12.1 Å². The van der Waals surface area contributed by atoms with E-state index in [1.54, 1.807) is 47.2 Å². The minimum absolute atomic E-state index is 0.339. The predicted octanol–water partition coefficient (Wildman–Crippen LogP) is 6.63. The molecule has 4 rings (SSSR count). The normalized spacial score (nSPS) is 11.3. The molecule has 0 atom stereocenters. The minimum Gasteiger partial charge on any atom is -0.302 e. The fourth-order valence-corrected chi connectivity index (χ4v) is 4.18. The van der Waals surface area contributed by atoms with Gasteiger partial charge in [0.05, 0.1) is 21.1 Å². The highest BCUT2D eigenvalue weighted by Crippen LogP contribution is 2.38. The van der Waals surface area contributed by atoms with Crippen LogP contribution in [-0.2, 0) is 0 Å². The van der Waals surface area contributed by atoms with E-state index < -0.39 is 34.8 Å². The van der Waals surface area contributed by atoms with Crippen molar-refractivity contribution < 1.29 is 22.0 Å². The number of benzene rings is 1. The van der Waals surface area contributed by atoms with Crippen LogP contribution in [0.3, 0.4) is 0 Å². The Bertz CT molecular complexity index is 1000. The molecule has 0 aliphatic rings. The van der Waals surface area contributed by atoms with Crippen LogP contribution in [0.15, 0.2) is 47.2 Å². The van der Waals surface area contributed by atoms with Crippen molar-refractivity contribution in [3.63, 3.8) is 0 Å². The maximum Gasteiger partial charge on any atom is 0.200 e. The van der Waals surface area contributed by atoms with Gasteiger partial charge in [0.15, 0.2) is 23.3 Å². The zero-order chi connectivity index (χ0) is 18.4. The second-order valence-corrected chi connectivity index (χ2v) is 7.21. The SMILES string of the molecule is Fc1c(F)c(F)c(-n2c(-c3cccs3)ccc2-c2cccs2)c(F)c1F. The summed E-state index contributed by atoms with van der Waals surface area (Å²) in [5, 5.41) is 3.52. The van der Waals surface area contributed by atoms with Gasteiger partial charge < -0.3 is 4.57 Å². The molecule has 8 heteroatoms. The number of halogens is 5. The molecule has 4 aromatic rings. The van der Waals surface area contributed by atoms with Gasteiger partial charge in [0.25, 0.3) is 0 Å². The molecule has 26 heavy (non-hydrogen) atoms. The third-order valence-electron chi connectivity index (χ3n) is 3.84. The molecule has 0 radical (unpaired) electrons. The molecule has 3 aromatic heterocycles. The summed E-state index contributed by atoms with van der Waals surface area (Å²) in [6.07, 6.45) is 0. The van der Waals surface area contributed by atoms with E-state index in [9.17, 15) is 22.0 Å². The van der Waals surface area contributed by atoms with Crippen LogP contribution >= 0.6 is 22.7 Å². The smallest absolute Gasteiger partial charge is 0.200 e. The van der Waals surface area contributed by atoms with E-state index in [1.165, 1.54) is 22.7 Å². The lowest BCUT2D eigenvalue weighted by Gasteiger charge is -2.15. The van der Waals surface area contributed by atoms with E-state index in [0.29, 0.717) is 21.1 Å². The van der Waals surface area contributed by atoms with E-state index in [4.69, 9.17) is 0 Å². The van der Waals surface area contributed by atoms with Crippen LogP contribution in [0, 0.1) is 29.1 Å². The average molecular weight is 397 g/mol. The number of rotatable bonds is 3. The maximum absolute atomic E-state index is 14.5. The maximum atomic E-state index is 14.5. The number of hydrogen-bond donors (Lipinski definition) is 0. The number of aromatic nitrogens is 1. The molecule has 0 saturated carbocycles. The Morgan fingerprint density at radius 2 is 1.00 bits per heavy atom. The molecule has 3 heterocycles. The molecule has 132 valence electrons. The molecule has 0 fully saturated rings. The first-order valence-corrected chi connectivity index (χ1v) is 9.08. The Balaban J connectivity index is 2.11. The summed E-state index contributed by atoms with van der Waals surface area (Å²) in [5.74, 6) is -9.85. The van der Waals surface area contributed by atoms with Crippen molar-refractivity contribution in [2.75, 3.05) is 0 Å². The standard InChI is InChI=1S/C18H8F5NS2/c19-13-14(20)16(22)18(17(23)15(13)21)24-9(11-3-1-7-25-11)5-6-10(24)12-4-2-8-26-12/h1-8H. The molecule has 0 aliphatic heterocycles. The van der Waals surface area contributed by atoms with Crippen LogP contribution in [-0.4, -0.2) is 4.57 Å². The van der Waals surface area contributed by atoms with Crippen molar-refractivity contribution in [2.45, 2.75) is 0 Å². The second-order valence-electron chi connectivity index (χ2n) is 5.31. The zero-order valence-corrected chi connectivity index (χ0v) is 14.4. The van der Waals surface area contributed by atoms with Crippen molar-refractivity contribution in [3.05, 3.63) is 76.2 Å². The molecular formula is C18H8F5NS2. The Morgan fingerprint density at radius 1 is 0.577 bits per heavy atom. The van der Waals surface area contributed by atoms with E-state index in [1.807, 2.05) is 0 Å². The summed E-state index contributed by atoms with van der Waals surface area (Å²) in [4.78, 5) is 1.27. The van der Waals surface area contributed by atoms with Crippen LogP contribution < -0.4 is 0 Å². The highest BCUT2D eigenvalue weighted by molar-refractivity contribution is 7.14. The van der Waals surface area contributed by atoms with Crippen LogP contribution in [0.2, 0.25) is 0 Å². The van der Waals surface area contributed by atoms with Crippen molar-refractivity contribution in [1.29, 1.82) is 0 Å². The lowest BCUT2D eigenvalue weighted by atomic mass is 10.2. The molecule has 0 N–H and O–H groups in total. The monoisotopic (exact) mass is 397 g/mol. The quantitative estimate of drug-likeness (QED) is 0.208. The predicted molar refractivity (Wildman–Crippen MR) is 92.2 cm³/mol. The van der Waals surface area contributed by atoms with E-state index in [-0.39, 0.29) is 0 Å². The Kier molecular flexibility index (Phi) is 4.16. The van der Waals surface area contributed by atoms with Gasteiger partial charge >= 0.3 is 0 Å². The van der Waals surface area contributed by atoms with Crippen LogP contribution in [0.1, 0.15) is 0 Å². The van der Waals surface area contributed by atoms with Gasteiger partial charge in [-0.25, -0.2) is 22.0 Å². The highest BCUT2D eigenvalue weighted by Gasteiger charge is 2.29. The molecule has 1 aromatic carbocycles. The number of hydrogen-bond acceptors (Lipinski definition) is 2. The zero-order valence-electron chi connectivity index (χ0n) is 12.8. The first-order chi connectivity index (χ1) is 12.5. The van der Waals surface area contributed by atoms with Crippen LogP contribution in [0.4, 0.5) is 22.0 Å². The molecule has 0 saturated heterocycles. The Hall–Kier alpha value is -2.45. The third-order valence-corrected chi connectivity index (χ3v) is 5.62. The van der Waals surface area contributed by atoms with E-state index in [2.05, 4.69) is 0 Å². The van der Waals surface area contributed by atoms with Crippen LogP contribution in [0.5, 0.6) is 0 Å². The first kappa shape index (κ1) is 17.0. The number of thiophene rings is 2. The van der Waals surface area contributed by atoms with Gasteiger partial charge in [-0.15, -0.1) is 22.7 Å². The van der Waals surface area contributed by atoms with Crippen molar-refractivity contribution in [3.8, 4) is 26.8 Å². The molecule has 0 unspecified atom stereocenters. The Labute approximate surface area is 152 Å². The fourth-order valence-electron chi connectivity index (χ4n) is 2.70. The van der Waals surface area contributed by atoms with Gasteiger partial charge in [-0.05, 0) is 35.0 Å². The molecule has 0 bridgehead atoms. The topological polar surface area (TPSA) is 4.93 Å². The Morgan fingerprint density at radius 3 is 1.38 bits per heavy atom. The molecule has 1 nitrogen and oxygen atoms in total. The fraction of sp³-hybridized carbons (Fsp3) is 0. The van der Waals surface area contributed by atoms with E-state index >= 15 is 0 Å². The number of nitrogens with zero attached hydrogens (tertiary/aromatic N) is 1. The second kappa shape index (κ2) is 6.37. The first-order valence-electron chi connectivity index (χ1n) is 7.32. The summed E-state index contributed by atoms with van der Waals surface area (Å²) in [5.41, 5.74) is -0.309. The minimum atomic E-state index is -2.17. The van der Waals surface area contributed by atoms with Gasteiger partial charge in [0.1, 0.15) is 5.69 Å². The van der Waals surface area contributed by atoms with Gasteiger partial charge in [0.2, 0.25) is 5.82 Å². The summed E-state index contributed by atoms with van der Waals surface area (Å²) < 4.78 is 71.0. The summed E-state index contributed by atoms with van der Waals surface area (Å²) in [6.45, 7) is 0. The molecular weight excluding hydrogens is 389 g/mol. The van der Waals surface area contributed by atoms with Crippen molar-refractivity contribution in [2.24, 2.45) is 0 Å². The molecule has 0 spiro atoms. The lowest BCUT2D eigenvalue weighted by molar-refractivity contribution is 0.376. The van der Waals surface area contributed by atoms with Crippen LogP contribution in [0.25, 0.3) is 26.8 Å². The summed E-state index contributed by atoms with van der Waals surface area (Å²) >= 11 is 2.59. The van der Waals surface area contributed by atoms with E-state index in [0.717, 1.165) is 4.57 Å². The van der Waals surface area contributed by atoms with Gasteiger partial charge in [-0.2, -0.15) is 0 Å². The van der Waals surface area contributed by atoms with Gasteiger partial charge in [-0.3, -0.25) is 0 Å². The van der Waals surface area contributed by atoms with Crippen molar-refractivity contribution in [1.82, 2.24) is 4.57 Å². The third kappa shape index (κ3) is 2.48. The van der Waals surface area contributed by atoms with Crippen molar-refractivity contribution >= 4 is 22.7 Å². The average Bonchev–Trinajstić information content (AvgIpc) is 3.38. The molecule has 0 aliphatic carbocycles. The summed E-state index contributed by atoms with van der Waals surface area (Å²) in [6, 6.07) is 10.1. The highest BCUT2D eigenvalue weighted by atomic mass is 32.1. The summed E-state index contributed by atoms with van der Waals surface area (Å²) in [7, 11) is 0. The molecule has 0 amide bonds. The lowest BCUT2D eigenvalue weighted by Crippen LogP contribution is -2.11.